The van der Waals surface area contributed by atoms with Gasteiger partial charge in [-0.05, 0) is 31.0 Å². The van der Waals surface area contributed by atoms with Crippen LogP contribution in [0.2, 0.25) is 0 Å². The number of benzene rings is 2. The van der Waals surface area contributed by atoms with E-state index < -0.39 is 17.0 Å². The van der Waals surface area contributed by atoms with Gasteiger partial charge in [0, 0.05) is 22.5 Å². The lowest BCUT2D eigenvalue weighted by atomic mass is 9.99. The third-order valence-corrected chi connectivity index (χ3v) is 3.97. The number of amides is 1. The number of hydrogen-bond donors (Lipinski definition) is 0. The summed E-state index contributed by atoms with van der Waals surface area (Å²) in [5.74, 6) is -1.17. The molecule has 0 spiro atoms. The van der Waals surface area contributed by atoms with Crippen molar-refractivity contribution < 1.29 is 4.79 Å². The summed E-state index contributed by atoms with van der Waals surface area (Å²) in [6, 6.07) is 15.4. The van der Waals surface area contributed by atoms with Crippen LogP contribution in [-0.4, -0.2) is 15.7 Å². The normalized spacial score (nSPS) is 10.5. The lowest BCUT2D eigenvalue weighted by molar-refractivity contribution is 0.0993. The molecule has 124 valence electrons. The molecule has 1 aromatic heterocycles. The third-order valence-electron chi connectivity index (χ3n) is 3.97. The fourth-order valence-corrected chi connectivity index (χ4v) is 2.69. The monoisotopic (exact) mass is 333 g/mol. The van der Waals surface area contributed by atoms with Crippen molar-refractivity contribution in [3.05, 3.63) is 86.7 Å². The van der Waals surface area contributed by atoms with Gasteiger partial charge in [0.05, 0.1) is 5.69 Å². The van der Waals surface area contributed by atoms with Gasteiger partial charge < -0.3 is 0 Å². The number of rotatable bonds is 3. The maximum atomic E-state index is 12.1. The van der Waals surface area contributed by atoms with Gasteiger partial charge in [-0.3, -0.25) is 9.59 Å². The van der Waals surface area contributed by atoms with Crippen molar-refractivity contribution in [3.8, 4) is 16.8 Å². The Hall–Kier alpha value is -3.41. The van der Waals surface area contributed by atoms with E-state index in [0.29, 0.717) is 11.3 Å². The highest BCUT2D eigenvalue weighted by atomic mass is 16.3. The van der Waals surface area contributed by atoms with Crippen LogP contribution >= 0.6 is 0 Å². The summed E-state index contributed by atoms with van der Waals surface area (Å²) in [5.41, 5.74) is 2.93. The molecule has 6 nitrogen and oxygen atoms in total. The molecular formula is C19H15N3O3. The summed E-state index contributed by atoms with van der Waals surface area (Å²) >= 11 is 0. The van der Waals surface area contributed by atoms with Crippen LogP contribution in [0.5, 0.6) is 0 Å². The summed E-state index contributed by atoms with van der Waals surface area (Å²) in [7, 11) is 0. The average Bonchev–Trinajstić information content (AvgIpc) is 2.63. The Kier molecular flexibility index (Phi) is 4.35. The highest BCUT2D eigenvalue weighted by molar-refractivity contribution is 5.92. The highest BCUT2D eigenvalue weighted by Gasteiger charge is 2.17. The van der Waals surface area contributed by atoms with Crippen molar-refractivity contribution in [3.63, 3.8) is 0 Å². The predicted octanol–water partition coefficient (Wildman–Crippen LogP) is 3.42. The fraction of sp³-hybridized carbons (Fsp3) is 0.105. The van der Waals surface area contributed by atoms with Gasteiger partial charge in [0.25, 0.3) is 0 Å². The Bertz CT molecular complexity index is 1040. The van der Waals surface area contributed by atoms with Crippen LogP contribution in [0.4, 0.5) is 0 Å². The van der Waals surface area contributed by atoms with E-state index in [-0.39, 0.29) is 0 Å². The Balaban J connectivity index is 2.27. The minimum Gasteiger partial charge on any atom is -0.287 e. The van der Waals surface area contributed by atoms with E-state index in [4.69, 9.17) is 0 Å². The van der Waals surface area contributed by atoms with Crippen molar-refractivity contribution in [2.75, 3.05) is 0 Å². The van der Waals surface area contributed by atoms with Gasteiger partial charge in [-0.1, -0.05) is 42.5 Å². The summed E-state index contributed by atoms with van der Waals surface area (Å²) in [6.45, 7) is 3.57. The number of aromatic nitrogens is 2. The molecule has 0 bridgehead atoms. The maximum absolute atomic E-state index is 12.1. The van der Waals surface area contributed by atoms with Crippen LogP contribution in [0, 0.1) is 18.8 Å². The second-order valence-electron chi connectivity index (χ2n) is 5.66. The first-order valence-electron chi connectivity index (χ1n) is 7.66. The lowest BCUT2D eigenvalue weighted by Gasteiger charge is -2.14. The highest BCUT2D eigenvalue weighted by Crippen LogP contribution is 2.28. The largest absolute Gasteiger partial charge is 0.340 e. The molecule has 6 heteroatoms. The van der Waals surface area contributed by atoms with E-state index in [2.05, 4.69) is 10.3 Å². The minimum atomic E-state index is -1.17. The molecule has 0 saturated heterocycles. The fourth-order valence-electron chi connectivity index (χ4n) is 2.69. The lowest BCUT2D eigenvalue weighted by Crippen LogP contribution is -2.22. The molecule has 3 rings (SSSR count). The van der Waals surface area contributed by atoms with E-state index in [0.717, 1.165) is 16.7 Å². The summed E-state index contributed by atoms with van der Waals surface area (Å²) in [4.78, 5) is 34.3. The smallest absolute Gasteiger partial charge is 0.287 e. The molecule has 1 heterocycles. The van der Waals surface area contributed by atoms with Crippen molar-refractivity contribution in [1.29, 1.82) is 0 Å². The molecule has 0 atom stereocenters. The average molecular weight is 333 g/mol. The van der Waals surface area contributed by atoms with Crippen LogP contribution in [0.25, 0.3) is 16.8 Å². The molecule has 0 unspecified atom stereocenters. The first-order chi connectivity index (χ1) is 12.0. The quantitative estimate of drug-likeness (QED) is 0.688. The number of nitroso groups, excluding NO2 is 1. The molecule has 0 radical (unpaired) electrons. The van der Waals surface area contributed by atoms with Gasteiger partial charge in [-0.25, -0.2) is 4.68 Å². The van der Waals surface area contributed by atoms with Crippen LogP contribution in [0.15, 0.2) is 64.7 Å². The van der Waals surface area contributed by atoms with E-state index in [9.17, 15) is 14.5 Å². The van der Waals surface area contributed by atoms with Gasteiger partial charge in [0.2, 0.25) is 11.1 Å². The van der Waals surface area contributed by atoms with Crippen LogP contribution in [-0.2, 0) is 0 Å². The zero-order valence-electron chi connectivity index (χ0n) is 13.8. The van der Waals surface area contributed by atoms with Crippen LogP contribution < -0.4 is 5.43 Å². The first-order valence-corrected chi connectivity index (χ1v) is 7.66. The number of nitrogens with zero attached hydrogens (tertiary/aromatic N) is 3. The topological polar surface area (TPSA) is 81.4 Å². The molecule has 0 saturated carbocycles. The van der Waals surface area contributed by atoms with Crippen LogP contribution in [0.3, 0.4) is 0 Å². The van der Waals surface area contributed by atoms with Gasteiger partial charge in [-0.2, -0.15) is 5.10 Å². The Labute approximate surface area is 143 Å². The van der Waals surface area contributed by atoms with E-state index in [1.54, 1.807) is 13.1 Å². The molecule has 25 heavy (non-hydrogen) atoms. The zero-order chi connectivity index (χ0) is 18.0. The van der Waals surface area contributed by atoms with Crippen molar-refractivity contribution >= 4 is 5.91 Å². The summed E-state index contributed by atoms with van der Waals surface area (Å²) in [6.07, 6.45) is 1.54. The van der Waals surface area contributed by atoms with Crippen molar-refractivity contribution in [2.24, 2.45) is 5.18 Å². The number of para-hydroxylation sites is 1. The number of carbonyl (C=O) groups excluding carboxylic acids is 1. The zero-order valence-corrected chi connectivity index (χ0v) is 13.8. The molecule has 0 aliphatic rings. The molecule has 1 amide bonds. The molecule has 3 aromatic rings. The van der Waals surface area contributed by atoms with E-state index in [1.165, 1.54) is 4.68 Å². The molecular weight excluding hydrogens is 318 g/mol. The maximum Gasteiger partial charge on any atom is 0.340 e. The second-order valence-corrected chi connectivity index (χ2v) is 5.66. The summed E-state index contributed by atoms with van der Waals surface area (Å²) in [5, 5.41) is 6.38. The first kappa shape index (κ1) is 16.4. The van der Waals surface area contributed by atoms with Gasteiger partial charge in [-0.15, -0.1) is 4.91 Å². The molecule has 0 aliphatic carbocycles. The standard InChI is InChI=1S/C19H15N3O3/c1-12-7-3-4-8-14(12)15-9-5-6-10-16(15)22-11-13(2)18(23)17(20-22)19(24)21-25/h3-11H,1-2H3. The number of hydrogen-bond acceptors (Lipinski definition) is 4. The SMILES string of the molecule is Cc1ccccc1-c1ccccc1-n1cc(C)c(=O)c(C(=O)N=O)n1. The minimum absolute atomic E-state index is 0.307. The Morgan fingerprint density at radius 1 is 0.960 bits per heavy atom. The van der Waals surface area contributed by atoms with E-state index in [1.807, 2.05) is 55.5 Å². The Morgan fingerprint density at radius 3 is 2.28 bits per heavy atom. The van der Waals surface area contributed by atoms with Gasteiger partial charge >= 0.3 is 5.91 Å². The van der Waals surface area contributed by atoms with Crippen molar-refractivity contribution in [1.82, 2.24) is 9.78 Å². The molecule has 2 aromatic carbocycles. The predicted molar refractivity (Wildman–Crippen MR) is 94.9 cm³/mol. The molecule has 0 fully saturated rings. The van der Waals surface area contributed by atoms with Crippen LogP contribution in [0.1, 0.15) is 21.6 Å². The molecule has 0 N–H and O–H groups in total. The number of aryl methyl sites for hydroxylation is 2. The van der Waals surface area contributed by atoms with E-state index >= 15 is 0 Å². The Morgan fingerprint density at radius 2 is 1.60 bits per heavy atom. The van der Waals surface area contributed by atoms with Crippen molar-refractivity contribution in [2.45, 2.75) is 13.8 Å². The molecule has 0 aliphatic heterocycles. The van der Waals surface area contributed by atoms with Gasteiger partial charge in [0.1, 0.15) is 0 Å². The summed E-state index contributed by atoms with van der Waals surface area (Å²) < 4.78 is 1.44. The number of carbonyl (C=O) groups is 1. The van der Waals surface area contributed by atoms with Gasteiger partial charge in [0.15, 0.2) is 0 Å². The third kappa shape index (κ3) is 3.01. The second kappa shape index (κ2) is 6.60.